The molecule has 0 amide bonds. The van der Waals surface area contributed by atoms with Crippen LogP contribution < -0.4 is 0 Å². The second-order valence-corrected chi connectivity index (χ2v) is 4.91. The lowest BCUT2D eigenvalue weighted by Crippen LogP contribution is -2.02. The number of aromatic nitrogens is 2. The molecule has 100 valence electrons. The maximum absolute atomic E-state index is 10.8. The molecule has 1 aromatic carbocycles. The van der Waals surface area contributed by atoms with Crippen molar-refractivity contribution in [3.8, 4) is 11.3 Å². The zero-order valence-corrected chi connectivity index (χ0v) is 11.7. The molecule has 4 nitrogen and oxygen atoms in total. The number of carbonyl (C=O) groups is 1. The van der Waals surface area contributed by atoms with Gasteiger partial charge in [0.05, 0.1) is 17.8 Å². The van der Waals surface area contributed by atoms with Crippen molar-refractivity contribution in [2.75, 3.05) is 0 Å². The van der Waals surface area contributed by atoms with Gasteiger partial charge < -0.3 is 5.11 Å². The molecule has 0 bridgehead atoms. The summed E-state index contributed by atoms with van der Waals surface area (Å²) >= 11 is 0. The maximum atomic E-state index is 10.8. The summed E-state index contributed by atoms with van der Waals surface area (Å²) in [5.41, 5.74) is 6.09. The minimum absolute atomic E-state index is 0.0372. The Hall–Kier alpha value is -2.10. The molecule has 0 spiro atoms. The number of aryl methyl sites for hydroxylation is 3. The molecule has 0 saturated carbocycles. The van der Waals surface area contributed by atoms with Crippen LogP contribution in [0.15, 0.2) is 18.2 Å². The Morgan fingerprint density at radius 2 is 1.95 bits per heavy atom. The molecule has 0 aliphatic rings. The Kier molecular flexibility index (Phi) is 3.42. The topological polar surface area (TPSA) is 55.1 Å². The lowest BCUT2D eigenvalue weighted by molar-refractivity contribution is -0.136. The predicted octanol–water partition coefficient (Wildman–Crippen LogP) is 2.64. The molecular weight excluding hydrogens is 240 g/mol. The summed E-state index contributed by atoms with van der Waals surface area (Å²) in [7, 11) is 1.85. The first-order valence-electron chi connectivity index (χ1n) is 6.22. The molecule has 2 rings (SSSR count). The predicted molar refractivity (Wildman–Crippen MR) is 74.2 cm³/mol. The van der Waals surface area contributed by atoms with Crippen LogP contribution >= 0.6 is 0 Å². The quantitative estimate of drug-likeness (QED) is 0.920. The number of nitrogens with zero attached hydrogens (tertiary/aromatic N) is 2. The van der Waals surface area contributed by atoms with Gasteiger partial charge in [0.1, 0.15) is 0 Å². The van der Waals surface area contributed by atoms with E-state index in [2.05, 4.69) is 37.1 Å². The Balaban J connectivity index is 2.52. The van der Waals surface area contributed by atoms with Crippen LogP contribution in [0.5, 0.6) is 0 Å². The first-order chi connectivity index (χ1) is 8.90. The SMILES string of the molecule is Cc1ccc(-c2c(C)c(CC(=O)O)nn2C)cc1C. The average Bonchev–Trinajstić information content (AvgIpc) is 2.58. The summed E-state index contributed by atoms with van der Waals surface area (Å²) in [4.78, 5) is 10.8. The minimum atomic E-state index is -0.854. The van der Waals surface area contributed by atoms with Crippen molar-refractivity contribution in [1.29, 1.82) is 0 Å². The van der Waals surface area contributed by atoms with E-state index in [1.165, 1.54) is 11.1 Å². The van der Waals surface area contributed by atoms with E-state index in [0.717, 1.165) is 16.8 Å². The van der Waals surface area contributed by atoms with Gasteiger partial charge in [-0.05, 0) is 43.5 Å². The molecule has 0 unspecified atom stereocenters. The highest BCUT2D eigenvalue weighted by Crippen LogP contribution is 2.27. The smallest absolute Gasteiger partial charge is 0.309 e. The van der Waals surface area contributed by atoms with Crippen molar-refractivity contribution in [2.45, 2.75) is 27.2 Å². The van der Waals surface area contributed by atoms with Crippen LogP contribution in [0.25, 0.3) is 11.3 Å². The molecule has 0 aliphatic carbocycles. The number of hydrogen-bond acceptors (Lipinski definition) is 2. The van der Waals surface area contributed by atoms with Crippen LogP contribution in [0.4, 0.5) is 0 Å². The fraction of sp³-hybridized carbons (Fsp3) is 0.333. The maximum Gasteiger partial charge on any atom is 0.309 e. The average molecular weight is 258 g/mol. The summed E-state index contributed by atoms with van der Waals surface area (Å²) in [6, 6.07) is 6.24. The molecule has 0 radical (unpaired) electrons. The van der Waals surface area contributed by atoms with Gasteiger partial charge in [-0.2, -0.15) is 5.10 Å². The van der Waals surface area contributed by atoms with Crippen molar-refractivity contribution < 1.29 is 9.90 Å². The fourth-order valence-electron chi connectivity index (χ4n) is 2.29. The molecule has 4 heteroatoms. The monoisotopic (exact) mass is 258 g/mol. The number of rotatable bonds is 3. The van der Waals surface area contributed by atoms with Gasteiger partial charge in [0.25, 0.3) is 0 Å². The van der Waals surface area contributed by atoms with Gasteiger partial charge in [-0.25, -0.2) is 0 Å². The third kappa shape index (κ3) is 2.52. The number of carboxylic acid groups (broad SMARTS) is 1. The van der Waals surface area contributed by atoms with Crippen LogP contribution in [-0.2, 0) is 18.3 Å². The molecule has 1 aromatic heterocycles. The lowest BCUT2D eigenvalue weighted by Gasteiger charge is -2.07. The van der Waals surface area contributed by atoms with Gasteiger partial charge in [0, 0.05) is 12.6 Å². The van der Waals surface area contributed by atoms with Gasteiger partial charge >= 0.3 is 5.97 Å². The molecule has 19 heavy (non-hydrogen) atoms. The van der Waals surface area contributed by atoms with Gasteiger partial charge in [-0.1, -0.05) is 12.1 Å². The normalized spacial score (nSPS) is 10.7. The molecule has 0 atom stereocenters. The van der Waals surface area contributed by atoms with Gasteiger partial charge in [0.2, 0.25) is 0 Å². The standard InChI is InChI=1S/C15H18N2O2/c1-9-5-6-12(7-10(9)2)15-11(3)13(8-14(18)19)16-17(15)4/h5-7H,8H2,1-4H3,(H,18,19). The van der Waals surface area contributed by atoms with Crippen LogP contribution in [-0.4, -0.2) is 20.9 Å². The number of carboxylic acids is 1. The molecule has 2 aromatic rings. The first-order valence-corrected chi connectivity index (χ1v) is 6.22. The molecular formula is C15H18N2O2. The fourth-order valence-corrected chi connectivity index (χ4v) is 2.29. The zero-order chi connectivity index (χ0) is 14.2. The summed E-state index contributed by atoms with van der Waals surface area (Å²) in [5.74, 6) is -0.854. The highest BCUT2D eigenvalue weighted by Gasteiger charge is 2.16. The summed E-state index contributed by atoms with van der Waals surface area (Å²) < 4.78 is 1.76. The Morgan fingerprint density at radius 3 is 2.53 bits per heavy atom. The second-order valence-electron chi connectivity index (χ2n) is 4.91. The first kappa shape index (κ1) is 13.3. The van der Waals surface area contributed by atoms with Crippen molar-refractivity contribution >= 4 is 5.97 Å². The van der Waals surface area contributed by atoms with Gasteiger partial charge in [0.15, 0.2) is 0 Å². The highest BCUT2D eigenvalue weighted by atomic mass is 16.4. The lowest BCUT2D eigenvalue weighted by atomic mass is 10.0. The van der Waals surface area contributed by atoms with E-state index in [1.54, 1.807) is 4.68 Å². The van der Waals surface area contributed by atoms with Crippen LogP contribution in [0.2, 0.25) is 0 Å². The third-order valence-electron chi connectivity index (χ3n) is 3.48. The molecule has 0 fully saturated rings. The Labute approximate surface area is 112 Å². The molecule has 1 N–H and O–H groups in total. The van der Waals surface area contributed by atoms with E-state index in [4.69, 9.17) is 5.11 Å². The van der Waals surface area contributed by atoms with E-state index in [1.807, 2.05) is 14.0 Å². The van der Waals surface area contributed by atoms with E-state index >= 15 is 0 Å². The summed E-state index contributed by atoms with van der Waals surface area (Å²) in [5, 5.41) is 13.2. The van der Waals surface area contributed by atoms with Crippen molar-refractivity contribution in [3.63, 3.8) is 0 Å². The van der Waals surface area contributed by atoms with Crippen LogP contribution in [0.1, 0.15) is 22.4 Å². The Bertz CT molecular complexity index is 642. The third-order valence-corrected chi connectivity index (χ3v) is 3.48. The van der Waals surface area contributed by atoms with E-state index in [0.29, 0.717) is 5.69 Å². The van der Waals surface area contributed by atoms with Crippen LogP contribution in [0.3, 0.4) is 0 Å². The summed E-state index contributed by atoms with van der Waals surface area (Å²) in [6.07, 6.45) is -0.0372. The number of hydrogen-bond donors (Lipinski definition) is 1. The largest absolute Gasteiger partial charge is 0.481 e. The number of aliphatic carboxylic acids is 1. The van der Waals surface area contributed by atoms with E-state index in [9.17, 15) is 4.79 Å². The zero-order valence-electron chi connectivity index (χ0n) is 11.7. The van der Waals surface area contributed by atoms with Crippen molar-refractivity contribution in [3.05, 3.63) is 40.6 Å². The summed E-state index contributed by atoms with van der Waals surface area (Å²) in [6.45, 7) is 6.07. The molecule has 1 heterocycles. The van der Waals surface area contributed by atoms with E-state index in [-0.39, 0.29) is 6.42 Å². The minimum Gasteiger partial charge on any atom is -0.481 e. The van der Waals surface area contributed by atoms with Crippen molar-refractivity contribution in [1.82, 2.24) is 9.78 Å². The van der Waals surface area contributed by atoms with Crippen molar-refractivity contribution in [2.24, 2.45) is 7.05 Å². The Morgan fingerprint density at radius 1 is 1.26 bits per heavy atom. The molecule has 0 saturated heterocycles. The van der Waals surface area contributed by atoms with Gasteiger partial charge in [-0.3, -0.25) is 9.48 Å². The van der Waals surface area contributed by atoms with Gasteiger partial charge in [-0.15, -0.1) is 0 Å². The van der Waals surface area contributed by atoms with E-state index < -0.39 is 5.97 Å². The second kappa shape index (κ2) is 4.88. The number of benzene rings is 1. The van der Waals surface area contributed by atoms with Crippen LogP contribution in [0, 0.1) is 20.8 Å². The molecule has 0 aliphatic heterocycles. The highest BCUT2D eigenvalue weighted by molar-refractivity contribution is 5.73.